The van der Waals surface area contributed by atoms with Crippen LogP contribution in [0.4, 0.5) is 11.4 Å². The summed E-state index contributed by atoms with van der Waals surface area (Å²) in [6.07, 6.45) is 0.971. The number of hydrogen-bond donors (Lipinski definition) is 1. The number of nitrogens with one attached hydrogen (secondary N) is 1. The zero-order valence-electron chi connectivity index (χ0n) is 16.4. The molecule has 0 saturated carbocycles. The van der Waals surface area contributed by atoms with Gasteiger partial charge >= 0.3 is 0 Å². The maximum absolute atomic E-state index is 12.4. The molecule has 0 atom stereocenters. The Labute approximate surface area is 176 Å². The molecule has 0 aromatic heterocycles. The fourth-order valence-corrected chi connectivity index (χ4v) is 4.47. The first-order valence-corrected chi connectivity index (χ1v) is 12.1. The second-order valence-electron chi connectivity index (χ2n) is 6.56. The molecule has 2 aromatic rings. The quantitative estimate of drug-likeness (QED) is 0.684. The second-order valence-corrected chi connectivity index (χ2v) is 11.1. The minimum Gasteiger partial charge on any atom is -0.324 e. The van der Waals surface area contributed by atoms with Crippen LogP contribution in [-0.2, 0) is 24.8 Å². The molecule has 0 saturated heterocycles. The van der Waals surface area contributed by atoms with Gasteiger partial charge in [-0.1, -0.05) is 11.6 Å². The Morgan fingerprint density at radius 2 is 1.62 bits per heavy atom. The fourth-order valence-electron chi connectivity index (χ4n) is 2.48. The number of rotatable bonds is 7. The van der Waals surface area contributed by atoms with Crippen LogP contribution >= 0.6 is 11.6 Å². The SMILES string of the molecule is Cc1cc(Cl)ccc1NC(=O)CN(c1ccc(S(=O)(=O)N(C)C)cc1)S(C)(=O)=O. The molecule has 2 aromatic carbocycles. The van der Waals surface area contributed by atoms with Crippen molar-refractivity contribution in [2.45, 2.75) is 11.8 Å². The zero-order valence-corrected chi connectivity index (χ0v) is 18.8. The predicted molar refractivity (Wildman–Crippen MR) is 114 cm³/mol. The molecular formula is C18H22ClN3O5S2. The minimum absolute atomic E-state index is 0.0148. The highest BCUT2D eigenvalue weighted by molar-refractivity contribution is 7.92. The summed E-state index contributed by atoms with van der Waals surface area (Å²) in [7, 11) is -4.65. The van der Waals surface area contributed by atoms with Gasteiger partial charge in [0.05, 0.1) is 16.8 Å². The second kappa shape index (κ2) is 8.70. The van der Waals surface area contributed by atoms with E-state index in [1.165, 1.54) is 38.4 Å². The average molecular weight is 460 g/mol. The van der Waals surface area contributed by atoms with Crippen LogP contribution in [0.5, 0.6) is 0 Å². The molecule has 0 spiro atoms. The van der Waals surface area contributed by atoms with Gasteiger partial charge < -0.3 is 5.32 Å². The zero-order chi connectivity index (χ0) is 22.0. The van der Waals surface area contributed by atoms with Crippen molar-refractivity contribution >= 4 is 48.9 Å². The van der Waals surface area contributed by atoms with Crippen LogP contribution in [0.1, 0.15) is 5.56 Å². The van der Waals surface area contributed by atoms with Gasteiger partial charge in [0.15, 0.2) is 0 Å². The molecular weight excluding hydrogens is 438 g/mol. The molecule has 11 heteroatoms. The largest absolute Gasteiger partial charge is 0.324 e. The number of aryl methyl sites for hydroxylation is 1. The normalized spacial score (nSPS) is 12.1. The monoisotopic (exact) mass is 459 g/mol. The van der Waals surface area contributed by atoms with Crippen molar-refractivity contribution < 1.29 is 21.6 Å². The van der Waals surface area contributed by atoms with E-state index in [0.29, 0.717) is 10.7 Å². The van der Waals surface area contributed by atoms with E-state index >= 15 is 0 Å². The number of nitrogens with zero attached hydrogens (tertiary/aromatic N) is 2. The predicted octanol–water partition coefficient (Wildman–Crippen LogP) is 2.30. The Morgan fingerprint density at radius 1 is 1.03 bits per heavy atom. The Morgan fingerprint density at radius 3 is 2.10 bits per heavy atom. The lowest BCUT2D eigenvalue weighted by atomic mass is 10.2. The van der Waals surface area contributed by atoms with E-state index in [0.717, 1.165) is 20.4 Å². The third kappa shape index (κ3) is 5.69. The van der Waals surface area contributed by atoms with Gasteiger partial charge in [0.2, 0.25) is 26.0 Å². The van der Waals surface area contributed by atoms with Crippen LogP contribution in [0, 0.1) is 6.92 Å². The molecule has 1 N–H and O–H groups in total. The number of amides is 1. The highest BCUT2D eigenvalue weighted by Crippen LogP contribution is 2.23. The third-order valence-electron chi connectivity index (χ3n) is 4.05. The molecule has 0 aliphatic rings. The van der Waals surface area contributed by atoms with Crippen LogP contribution in [0.15, 0.2) is 47.4 Å². The molecule has 1 amide bonds. The first-order chi connectivity index (χ1) is 13.3. The molecule has 0 unspecified atom stereocenters. The molecule has 8 nitrogen and oxygen atoms in total. The van der Waals surface area contributed by atoms with Crippen LogP contribution in [0.25, 0.3) is 0 Å². The topological polar surface area (TPSA) is 104 Å². The van der Waals surface area contributed by atoms with Gasteiger partial charge in [-0.25, -0.2) is 21.1 Å². The number of halogens is 1. The lowest BCUT2D eigenvalue weighted by Gasteiger charge is -2.22. The Bertz CT molecular complexity index is 1110. The first-order valence-electron chi connectivity index (χ1n) is 8.38. The van der Waals surface area contributed by atoms with Crippen LogP contribution < -0.4 is 9.62 Å². The lowest BCUT2D eigenvalue weighted by molar-refractivity contribution is -0.114. The Hall–Kier alpha value is -2.14. The summed E-state index contributed by atoms with van der Waals surface area (Å²) >= 11 is 5.90. The Kier molecular flexibility index (Phi) is 6.94. The molecule has 0 aliphatic heterocycles. The van der Waals surface area contributed by atoms with Crippen molar-refractivity contribution in [3.8, 4) is 0 Å². The van der Waals surface area contributed by atoms with E-state index < -0.39 is 32.5 Å². The number of carbonyl (C=O) groups is 1. The summed E-state index contributed by atoms with van der Waals surface area (Å²) in [5.74, 6) is -0.550. The van der Waals surface area contributed by atoms with E-state index in [-0.39, 0.29) is 10.6 Å². The number of benzene rings is 2. The highest BCUT2D eigenvalue weighted by atomic mass is 35.5. The number of anilines is 2. The van der Waals surface area contributed by atoms with Crippen LogP contribution in [-0.4, -0.2) is 53.9 Å². The smallest absolute Gasteiger partial charge is 0.245 e. The van der Waals surface area contributed by atoms with Crippen molar-refractivity contribution in [3.05, 3.63) is 53.1 Å². The van der Waals surface area contributed by atoms with Gasteiger partial charge in [-0.05, 0) is 55.0 Å². The van der Waals surface area contributed by atoms with Crippen LogP contribution in [0.3, 0.4) is 0 Å². The van der Waals surface area contributed by atoms with Gasteiger partial charge in [0.1, 0.15) is 6.54 Å². The van der Waals surface area contributed by atoms with E-state index in [2.05, 4.69) is 5.32 Å². The van der Waals surface area contributed by atoms with Crippen molar-refractivity contribution in [3.63, 3.8) is 0 Å². The molecule has 2 rings (SSSR count). The maximum atomic E-state index is 12.4. The van der Waals surface area contributed by atoms with Crippen molar-refractivity contribution in [2.24, 2.45) is 0 Å². The van der Waals surface area contributed by atoms with Gasteiger partial charge in [-0.2, -0.15) is 0 Å². The summed E-state index contributed by atoms with van der Waals surface area (Å²) in [6.45, 7) is 1.29. The van der Waals surface area contributed by atoms with Gasteiger partial charge in [-0.15, -0.1) is 0 Å². The van der Waals surface area contributed by atoms with Crippen LogP contribution in [0.2, 0.25) is 5.02 Å². The summed E-state index contributed by atoms with van der Waals surface area (Å²) in [5, 5.41) is 3.17. The van der Waals surface area contributed by atoms with Crippen molar-refractivity contribution in [1.82, 2.24) is 4.31 Å². The van der Waals surface area contributed by atoms with E-state index in [1.54, 1.807) is 25.1 Å². The van der Waals surface area contributed by atoms with Gasteiger partial charge in [0.25, 0.3) is 0 Å². The number of carbonyl (C=O) groups excluding carboxylic acids is 1. The number of sulfonamides is 2. The molecule has 0 bridgehead atoms. The standard InChI is InChI=1S/C18H22ClN3O5S2/c1-13-11-14(19)5-10-17(13)20-18(23)12-22(28(4,24)25)15-6-8-16(9-7-15)29(26,27)21(2)3/h5-11H,12H2,1-4H3,(H,20,23). The summed E-state index contributed by atoms with van der Waals surface area (Å²) in [4.78, 5) is 12.5. The lowest BCUT2D eigenvalue weighted by Crippen LogP contribution is -2.37. The average Bonchev–Trinajstić information content (AvgIpc) is 2.61. The number of hydrogen-bond acceptors (Lipinski definition) is 5. The molecule has 0 fully saturated rings. The van der Waals surface area contributed by atoms with E-state index in [4.69, 9.17) is 11.6 Å². The maximum Gasteiger partial charge on any atom is 0.245 e. The summed E-state index contributed by atoms with van der Waals surface area (Å²) in [6, 6.07) is 10.2. The molecule has 158 valence electrons. The third-order valence-corrected chi connectivity index (χ3v) is 7.26. The summed E-state index contributed by atoms with van der Waals surface area (Å²) in [5.41, 5.74) is 1.42. The van der Waals surface area contributed by atoms with Crippen molar-refractivity contribution in [2.75, 3.05) is 36.5 Å². The van der Waals surface area contributed by atoms with Gasteiger partial charge in [-0.3, -0.25) is 9.10 Å². The molecule has 0 radical (unpaired) electrons. The van der Waals surface area contributed by atoms with E-state index in [9.17, 15) is 21.6 Å². The van der Waals surface area contributed by atoms with E-state index in [1.807, 2.05) is 0 Å². The molecule has 29 heavy (non-hydrogen) atoms. The fraction of sp³-hybridized carbons (Fsp3) is 0.278. The van der Waals surface area contributed by atoms with Gasteiger partial charge in [0, 0.05) is 24.8 Å². The molecule has 0 heterocycles. The molecule has 0 aliphatic carbocycles. The highest BCUT2D eigenvalue weighted by Gasteiger charge is 2.23. The minimum atomic E-state index is -3.80. The summed E-state index contributed by atoms with van der Waals surface area (Å²) < 4.78 is 50.7. The Balaban J connectivity index is 2.27. The first kappa shape index (κ1) is 23.1. The van der Waals surface area contributed by atoms with Crippen molar-refractivity contribution in [1.29, 1.82) is 0 Å².